The van der Waals surface area contributed by atoms with Crippen LogP contribution in [0.15, 0.2) is 134 Å². The van der Waals surface area contributed by atoms with Crippen LogP contribution in [0.5, 0.6) is 0 Å². The third-order valence-corrected chi connectivity index (χ3v) is 11.7. The number of carbonyl (C=O) groups is 2. The first kappa shape index (κ1) is 66.0. The minimum absolute atomic E-state index is 0.0262. The maximum absolute atomic E-state index is 12.8. The molecule has 0 bridgehead atoms. The van der Waals surface area contributed by atoms with Crippen LogP contribution in [0, 0.1) is 0 Å². The second kappa shape index (κ2) is 59.3. The highest BCUT2D eigenvalue weighted by Crippen LogP contribution is 2.14. The van der Waals surface area contributed by atoms with Gasteiger partial charge >= 0.3 is 11.9 Å². The van der Waals surface area contributed by atoms with Crippen molar-refractivity contribution in [3.05, 3.63) is 134 Å². The Morgan fingerprint density at radius 3 is 1.11 bits per heavy atom. The van der Waals surface area contributed by atoms with Gasteiger partial charge in [-0.05, 0) is 116 Å². The first-order valence-corrected chi connectivity index (χ1v) is 28.7. The van der Waals surface area contributed by atoms with Crippen LogP contribution in [0.1, 0.15) is 239 Å². The normalized spacial score (nSPS) is 13.2. The zero-order valence-corrected chi connectivity index (χ0v) is 45.5. The molecule has 0 radical (unpaired) electrons. The van der Waals surface area contributed by atoms with Gasteiger partial charge in [0.15, 0.2) is 6.10 Å². The van der Waals surface area contributed by atoms with Crippen molar-refractivity contribution in [3.63, 3.8) is 0 Å². The molecule has 5 heteroatoms. The third-order valence-electron chi connectivity index (χ3n) is 11.7. The molecule has 396 valence electrons. The average Bonchev–Trinajstić information content (AvgIpc) is 3.36. The van der Waals surface area contributed by atoms with Crippen molar-refractivity contribution >= 4 is 11.9 Å². The summed E-state index contributed by atoms with van der Waals surface area (Å²) in [5, 5.41) is 0. The Balaban J connectivity index is 4.44. The highest BCUT2D eigenvalue weighted by atomic mass is 16.6. The van der Waals surface area contributed by atoms with E-state index in [4.69, 9.17) is 14.2 Å². The summed E-state index contributed by atoms with van der Waals surface area (Å²) in [7, 11) is 0. The molecule has 0 aromatic rings. The summed E-state index contributed by atoms with van der Waals surface area (Å²) in [5.74, 6) is -0.566. The molecule has 5 nitrogen and oxygen atoms in total. The molecule has 0 aromatic heterocycles. The molecule has 0 rings (SSSR count). The topological polar surface area (TPSA) is 61.8 Å². The standard InChI is InChI=1S/C65H106O5/c1-4-7-10-13-16-19-22-25-28-30-32-34-36-39-42-45-48-51-54-57-60-68-61-63(70-65(67)59-56-53-50-47-44-41-37-27-24-21-18-15-12-9-6-3)62-69-64(66)58-55-52-49-46-43-40-38-35-33-31-29-26-23-20-17-14-11-8-5-2/h7,9-10,12,16,18-19,21,25-29,32,34,37,39,42,44,47,53,56,63H,4-6,8,11,13-15,17,20,22-24,30-31,33,35-36,38,40-41,43,45-46,48-52,54-55,57-62H2,1-3H3/b10-7-,12-9-,19-16-,21-18-,28-25-,29-26-,34-32-,37-27-,42-39-,47-44-,56-53-. The summed E-state index contributed by atoms with van der Waals surface area (Å²) in [6, 6.07) is 0. The van der Waals surface area contributed by atoms with Gasteiger partial charge in [-0.15, -0.1) is 0 Å². The largest absolute Gasteiger partial charge is 0.462 e. The van der Waals surface area contributed by atoms with Crippen molar-refractivity contribution in [1.82, 2.24) is 0 Å². The SMILES string of the molecule is CC/C=C\C/C=C\C/C=C\C/C=C\C/C=C\CCCCCCOCC(COC(=O)CCCCCCCCCCC/C=C\CCCCCCCC)OC(=O)C/C=C\C/C=C\C/C=C\C/C=C\C/C=C\CC. The first-order chi connectivity index (χ1) is 34.6. The molecular weight excluding hydrogens is 861 g/mol. The molecule has 0 fully saturated rings. The summed E-state index contributed by atoms with van der Waals surface area (Å²) in [4.78, 5) is 25.5. The molecule has 0 spiro atoms. The van der Waals surface area contributed by atoms with Gasteiger partial charge < -0.3 is 14.2 Å². The van der Waals surface area contributed by atoms with E-state index in [2.05, 4.69) is 142 Å². The Bertz CT molecular complexity index is 1470. The molecule has 1 unspecified atom stereocenters. The summed E-state index contributed by atoms with van der Waals surface area (Å²) in [6.45, 7) is 7.43. The molecular formula is C65H106O5. The van der Waals surface area contributed by atoms with E-state index >= 15 is 0 Å². The van der Waals surface area contributed by atoms with E-state index in [0.717, 1.165) is 116 Å². The van der Waals surface area contributed by atoms with Gasteiger partial charge in [-0.25, -0.2) is 0 Å². The Labute approximate surface area is 432 Å². The second-order valence-electron chi connectivity index (χ2n) is 18.4. The van der Waals surface area contributed by atoms with Crippen molar-refractivity contribution in [1.29, 1.82) is 0 Å². The molecule has 0 aromatic carbocycles. The van der Waals surface area contributed by atoms with Gasteiger partial charge in [0, 0.05) is 13.0 Å². The predicted molar refractivity (Wildman–Crippen MR) is 306 cm³/mol. The molecule has 0 amide bonds. The molecule has 70 heavy (non-hydrogen) atoms. The van der Waals surface area contributed by atoms with Crippen LogP contribution in [-0.4, -0.2) is 37.9 Å². The molecule has 0 heterocycles. The summed E-state index contributed by atoms with van der Waals surface area (Å²) >= 11 is 0. The van der Waals surface area contributed by atoms with Crippen LogP contribution in [0.3, 0.4) is 0 Å². The van der Waals surface area contributed by atoms with E-state index in [1.165, 1.54) is 89.9 Å². The molecule has 1 atom stereocenters. The quantitative estimate of drug-likeness (QED) is 0.0345. The maximum atomic E-state index is 12.8. The van der Waals surface area contributed by atoms with Gasteiger partial charge in [-0.1, -0.05) is 244 Å². The van der Waals surface area contributed by atoms with Crippen LogP contribution >= 0.6 is 0 Å². The monoisotopic (exact) mass is 967 g/mol. The van der Waals surface area contributed by atoms with E-state index in [1.807, 2.05) is 12.2 Å². The van der Waals surface area contributed by atoms with Crippen molar-refractivity contribution in [2.24, 2.45) is 0 Å². The van der Waals surface area contributed by atoms with Gasteiger partial charge in [0.25, 0.3) is 0 Å². The summed E-state index contributed by atoms with van der Waals surface area (Å²) < 4.78 is 17.3. The minimum atomic E-state index is -0.615. The molecule has 0 N–H and O–H groups in total. The number of hydrogen-bond donors (Lipinski definition) is 0. The molecule has 0 aliphatic carbocycles. The number of rotatable bonds is 51. The lowest BCUT2D eigenvalue weighted by Crippen LogP contribution is -2.29. The third kappa shape index (κ3) is 56.6. The van der Waals surface area contributed by atoms with Gasteiger partial charge in [0.2, 0.25) is 0 Å². The number of carbonyl (C=O) groups excluding carboxylic acids is 2. The predicted octanol–water partition coefficient (Wildman–Crippen LogP) is 19.9. The Morgan fingerprint density at radius 1 is 0.343 bits per heavy atom. The fourth-order valence-corrected chi connectivity index (χ4v) is 7.49. The molecule has 0 aliphatic heterocycles. The first-order valence-electron chi connectivity index (χ1n) is 28.7. The summed E-state index contributed by atoms with van der Waals surface area (Å²) in [6.07, 6.45) is 85.0. The zero-order chi connectivity index (χ0) is 50.6. The maximum Gasteiger partial charge on any atom is 0.310 e. The second-order valence-corrected chi connectivity index (χ2v) is 18.4. The van der Waals surface area contributed by atoms with Gasteiger partial charge in [-0.3, -0.25) is 9.59 Å². The van der Waals surface area contributed by atoms with Crippen LogP contribution in [0.25, 0.3) is 0 Å². The lowest BCUT2D eigenvalue weighted by molar-refractivity contribution is -0.162. The number of esters is 2. The smallest absolute Gasteiger partial charge is 0.310 e. The van der Waals surface area contributed by atoms with E-state index in [1.54, 1.807) is 0 Å². The van der Waals surface area contributed by atoms with Gasteiger partial charge in [0.1, 0.15) is 6.61 Å². The lowest BCUT2D eigenvalue weighted by atomic mass is 10.1. The molecule has 0 saturated carbocycles. The van der Waals surface area contributed by atoms with Crippen LogP contribution in [0.2, 0.25) is 0 Å². The van der Waals surface area contributed by atoms with Gasteiger partial charge in [-0.2, -0.15) is 0 Å². The Hall–Kier alpha value is -3.96. The Morgan fingerprint density at radius 2 is 0.686 bits per heavy atom. The Kier molecular flexibility index (Phi) is 56.0. The van der Waals surface area contributed by atoms with E-state index in [9.17, 15) is 9.59 Å². The van der Waals surface area contributed by atoms with Gasteiger partial charge in [0.05, 0.1) is 13.0 Å². The van der Waals surface area contributed by atoms with Crippen molar-refractivity contribution < 1.29 is 23.8 Å². The zero-order valence-electron chi connectivity index (χ0n) is 45.5. The highest BCUT2D eigenvalue weighted by molar-refractivity contribution is 5.71. The fraction of sp³-hybridized carbons (Fsp3) is 0.631. The number of hydrogen-bond acceptors (Lipinski definition) is 5. The van der Waals surface area contributed by atoms with Crippen molar-refractivity contribution in [2.45, 2.75) is 245 Å². The molecule has 0 saturated heterocycles. The van der Waals surface area contributed by atoms with E-state index in [0.29, 0.717) is 13.0 Å². The number of ether oxygens (including phenoxy) is 3. The average molecular weight is 968 g/mol. The van der Waals surface area contributed by atoms with E-state index in [-0.39, 0.29) is 31.6 Å². The number of allylic oxidation sites excluding steroid dienone is 21. The van der Waals surface area contributed by atoms with E-state index < -0.39 is 6.10 Å². The van der Waals surface area contributed by atoms with Crippen molar-refractivity contribution in [3.8, 4) is 0 Å². The van der Waals surface area contributed by atoms with Crippen LogP contribution < -0.4 is 0 Å². The van der Waals surface area contributed by atoms with Crippen molar-refractivity contribution in [2.75, 3.05) is 19.8 Å². The van der Waals surface area contributed by atoms with Crippen LogP contribution in [-0.2, 0) is 23.8 Å². The highest BCUT2D eigenvalue weighted by Gasteiger charge is 2.17. The summed E-state index contributed by atoms with van der Waals surface area (Å²) in [5.41, 5.74) is 0. The lowest BCUT2D eigenvalue weighted by Gasteiger charge is -2.18. The molecule has 0 aliphatic rings. The van der Waals surface area contributed by atoms with Crippen LogP contribution in [0.4, 0.5) is 0 Å². The fourth-order valence-electron chi connectivity index (χ4n) is 7.49. The number of unbranched alkanes of at least 4 members (excludes halogenated alkanes) is 19. The minimum Gasteiger partial charge on any atom is -0.462 e.